The Balaban J connectivity index is 2.72. The highest BCUT2D eigenvalue weighted by Gasteiger charge is 2.13. The van der Waals surface area contributed by atoms with Gasteiger partial charge in [-0.15, -0.1) is 0 Å². The van der Waals surface area contributed by atoms with Crippen LogP contribution in [0.5, 0.6) is 11.5 Å². The minimum absolute atomic E-state index is 0.107. The quantitative estimate of drug-likeness (QED) is 0.536. The van der Waals surface area contributed by atoms with Crippen LogP contribution in [0.4, 0.5) is 5.69 Å². The predicted octanol–water partition coefficient (Wildman–Crippen LogP) is 0.0907. The molecule has 0 aliphatic rings. The van der Waals surface area contributed by atoms with E-state index in [1.54, 1.807) is 0 Å². The van der Waals surface area contributed by atoms with Gasteiger partial charge >= 0.3 is 0 Å². The Morgan fingerprint density at radius 3 is 2.79 bits per heavy atom. The number of benzene rings is 1. The van der Waals surface area contributed by atoms with Crippen LogP contribution in [-0.4, -0.2) is 42.8 Å². The fraction of sp³-hybridized carbons (Fsp3) is 0.364. The SMILES string of the molecule is COc1ccc([N+](=O)[O-])cc1OCC(=O)NCCO. The van der Waals surface area contributed by atoms with E-state index in [1.165, 1.54) is 25.3 Å². The maximum atomic E-state index is 11.3. The first-order valence-electron chi connectivity index (χ1n) is 5.41. The molecule has 0 fully saturated rings. The summed E-state index contributed by atoms with van der Waals surface area (Å²) in [7, 11) is 1.39. The molecule has 0 unspecified atom stereocenters. The zero-order valence-electron chi connectivity index (χ0n) is 10.3. The summed E-state index contributed by atoms with van der Waals surface area (Å²) in [5.41, 5.74) is -0.161. The molecular formula is C11H14N2O6. The summed E-state index contributed by atoms with van der Waals surface area (Å²) in [6, 6.07) is 3.84. The zero-order chi connectivity index (χ0) is 14.3. The van der Waals surface area contributed by atoms with Crippen LogP contribution in [0.1, 0.15) is 0 Å². The lowest BCUT2D eigenvalue weighted by Crippen LogP contribution is -2.31. The minimum atomic E-state index is -0.571. The second-order valence-electron chi connectivity index (χ2n) is 3.45. The van der Waals surface area contributed by atoms with Gasteiger partial charge in [0.25, 0.3) is 11.6 Å². The summed E-state index contributed by atoms with van der Waals surface area (Å²) < 4.78 is 10.1. The predicted molar refractivity (Wildman–Crippen MR) is 65.2 cm³/mol. The minimum Gasteiger partial charge on any atom is -0.493 e. The topological polar surface area (TPSA) is 111 Å². The Bertz CT molecular complexity index is 462. The lowest BCUT2D eigenvalue weighted by molar-refractivity contribution is -0.385. The van der Waals surface area contributed by atoms with Gasteiger partial charge in [-0.2, -0.15) is 0 Å². The molecule has 0 saturated carbocycles. The number of methoxy groups -OCH3 is 1. The Labute approximate surface area is 109 Å². The van der Waals surface area contributed by atoms with Crippen LogP contribution in [0.3, 0.4) is 0 Å². The van der Waals surface area contributed by atoms with Crippen molar-refractivity contribution >= 4 is 11.6 Å². The number of hydrogen-bond donors (Lipinski definition) is 2. The van der Waals surface area contributed by atoms with Gasteiger partial charge in [-0.05, 0) is 6.07 Å². The van der Waals surface area contributed by atoms with Crippen molar-refractivity contribution < 1.29 is 24.3 Å². The molecule has 0 radical (unpaired) electrons. The van der Waals surface area contributed by atoms with Crippen molar-refractivity contribution in [3.8, 4) is 11.5 Å². The molecule has 8 nitrogen and oxygen atoms in total. The van der Waals surface area contributed by atoms with Crippen molar-refractivity contribution in [3.63, 3.8) is 0 Å². The summed E-state index contributed by atoms with van der Waals surface area (Å²) in [4.78, 5) is 21.3. The third kappa shape index (κ3) is 4.43. The monoisotopic (exact) mass is 270 g/mol. The van der Waals surface area contributed by atoms with Gasteiger partial charge in [0.2, 0.25) is 0 Å². The molecule has 0 spiro atoms. The molecule has 8 heteroatoms. The van der Waals surface area contributed by atoms with E-state index in [9.17, 15) is 14.9 Å². The van der Waals surface area contributed by atoms with Crippen molar-refractivity contribution in [1.82, 2.24) is 5.32 Å². The van der Waals surface area contributed by atoms with Crippen molar-refractivity contribution in [2.24, 2.45) is 0 Å². The van der Waals surface area contributed by atoms with E-state index < -0.39 is 10.8 Å². The second kappa shape index (κ2) is 7.17. The molecule has 0 aliphatic carbocycles. The van der Waals surface area contributed by atoms with Gasteiger partial charge in [-0.1, -0.05) is 0 Å². The van der Waals surface area contributed by atoms with Crippen LogP contribution in [0.15, 0.2) is 18.2 Å². The number of rotatable bonds is 7. The van der Waals surface area contributed by atoms with E-state index in [0.29, 0.717) is 5.75 Å². The number of carbonyl (C=O) groups is 1. The van der Waals surface area contributed by atoms with Gasteiger partial charge in [-0.25, -0.2) is 0 Å². The first-order valence-corrected chi connectivity index (χ1v) is 5.41. The second-order valence-corrected chi connectivity index (χ2v) is 3.45. The summed E-state index contributed by atoms with van der Waals surface area (Å²) in [6.07, 6.45) is 0. The molecule has 0 saturated heterocycles. The molecule has 0 aromatic heterocycles. The number of ether oxygens (including phenoxy) is 2. The zero-order valence-corrected chi connectivity index (χ0v) is 10.3. The van der Waals surface area contributed by atoms with Crippen LogP contribution in [0.25, 0.3) is 0 Å². The number of nitro benzene ring substituents is 1. The number of aliphatic hydroxyl groups excluding tert-OH is 1. The number of amides is 1. The van der Waals surface area contributed by atoms with E-state index in [-0.39, 0.29) is 31.2 Å². The molecule has 0 atom stereocenters. The van der Waals surface area contributed by atoms with Gasteiger partial charge in [0.05, 0.1) is 24.7 Å². The van der Waals surface area contributed by atoms with Crippen LogP contribution in [0.2, 0.25) is 0 Å². The number of nitrogens with one attached hydrogen (secondary N) is 1. The summed E-state index contributed by atoms with van der Waals surface area (Å²) >= 11 is 0. The fourth-order valence-electron chi connectivity index (χ4n) is 1.28. The lowest BCUT2D eigenvalue weighted by Gasteiger charge is -2.10. The van der Waals surface area contributed by atoms with Gasteiger partial charge in [0.15, 0.2) is 18.1 Å². The maximum Gasteiger partial charge on any atom is 0.273 e. The molecule has 0 aliphatic heterocycles. The molecular weight excluding hydrogens is 256 g/mol. The smallest absolute Gasteiger partial charge is 0.273 e. The molecule has 0 heterocycles. The van der Waals surface area contributed by atoms with Crippen LogP contribution < -0.4 is 14.8 Å². The molecule has 2 N–H and O–H groups in total. The van der Waals surface area contributed by atoms with Gasteiger partial charge in [0, 0.05) is 12.6 Å². The maximum absolute atomic E-state index is 11.3. The third-order valence-electron chi connectivity index (χ3n) is 2.15. The highest BCUT2D eigenvalue weighted by atomic mass is 16.6. The molecule has 1 rings (SSSR count). The third-order valence-corrected chi connectivity index (χ3v) is 2.15. The van der Waals surface area contributed by atoms with Gasteiger partial charge < -0.3 is 19.9 Å². The van der Waals surface area contributed by atoms with Crippen molar-refractivity contribution in [2.75, 3.05) is 26.9 Å². The van der Waals surface area contributed by atoms with E-state index in [4.69, 9.17) is 14.6 Å². The number of non-ortho nitro benzene ring substituents is 1. The van der Waals surface area contributed by atoms with E-state index in [1.807, 2.05) is 0 Å². The van der Waals surface area contributed by atoms with E-state index >= 15 is 0 Å². The number of nitro groups is 1. The van der Waals surface area contributed by atoms with Crippen molar-refractivity contribution in [2.45, 2.75) is 0 Å². The fourth-order valence-corrected chi connectivity index (χ4v) is 1.28. The number of nitrogens with zero attached hydrogens (tertiary/aromatic N) is 1. The van der Waals surface area contributed by atoms with E-state index in [2.05, 4.69) is 5.32 Å². The van der Waals surface area contributed by atoms with E-state index in [0.717, 1.165) is 0 Å². The summed E-state index contributed by atoms with van der Waals surface area (Å²) in [6.45, 7) is -0.377. The highest BCUT2D eigenvalue weighted by molar-refractivity contribution is 5.77. The standard InChI is InChI=1S/C11H14N2O6/c1-18-9-3-2-8(13(16)17)6-10(9)19-7-11(15)12-4-5-14/h2-3,6,14H,4-5,7H2,1H3,(H,12,15). The van der Waals surface area contributed by atoms with Gasteiger partial charge in [0.1, 0.15) is 0 Å². The first-order chi connectivity index (χ1) is 9.08. The Morgan fingerprint density at radius 2 is 2.21 bits per heavy atom. The van der Waals surface area contributed by atoms with Crippen LogP contribution in [-0.2, 0) is 4.79 Å². The normalized spacial score (nSPS) is 9.79. The molecule has 19 heavy (non-hydrogen) atoms. The lowest BCUT2D eigenvalue weighted by atomic mass is 10.3. The molecule has 1 aromatic rings. The molecule has 0 bridgehead atoms. The molecule has 104 valence electrons. The van der Waals surface area contributed by atoms with Crippen LogP contribution in [0, 0.1) is 10.1 Å². The van der Waals surface area contributed by atoms with Crippen molar-refractivity contribution in [1.29, 1.82) is 0 Å². The largest absolute Gasteiger partial charge is 0.493 e. The molecule has 1 amide bonds. The number of aliphatic hydroxyl groups is 1. The Kier molecular flexibility index (Phi) is 5.55. The average Bonchev–Trinajstić information content (AvgIpc) is 2.42. The van der Waals surface area contributed by atoms with Crippen molar-refractivity contribution in [3.05, 3.63) is 28.3 Å². The Morgan fingerprint density at radius 1 is 1.47 bits per heavy atom. The van der Waals surface area contributed by atoms with Gasteiger partial charge in [-0.3, -0.25) is 14.9 Å². The number of hydrogen-bond acceptors (Lipinski definition) is 6. The summed E-state index contributed by atoms with van der Waals surface area (Å²) in [5, 5.41) is 21.6. The average molecular weight is 270 g/mol. The molecule has 1 aromatic carbocycles. The van der Waals surface area contributed by atoms with Crippen LogP contribution >= 0.6 is 0 Å². The Hall–Kier alpha value is -2.35. The first kappa shape index (κ1) is 14.7. The highest BCUT2D eigenvalue weighted by Crippen LogP contribution is 2.30. The number of carbonyl (C=O) groups excluding carboxylic acids is 1. The summed E-state index contributed by atoms with van der Waals surface area (Å²) in [5.74, 6) is -0.0426.